The molecule has 2 aromatic heterocycles. The van der Waals surface area contributed by atoms with Crippen LogP contribution in [0.1, 0.15) is 30.0 Å². The second-order valence-electron chi connectivity index (χ2n) is 5.87. The number of hydrogen-bond acceptors (Lipinski definition) is 4. The van der Waals surface area contributed by atoms with Crippen LogP contribution in [-0.4, -0.2) is 41.4 Å². The van der Waals surface area contributed by atoms with E-state index in [4.69, 9.17) is 0 Å². The summed E-state index contributed by atoms with van der Waals surface area (Å²) in [4.78, 5) is 6.19. The monoisotopic (exact) mass is 347 g/mol. The summed E-state index contributed by atoms with van der Waals surface area (Å²) in [7, 11) is 0. The number of anilines is 1. The van der Waals surface area contributed by atoms with Crippen LogP contribution in [0.2, 0.25) is 0 Å². The van der Waals surface area contributed by atoms with Crippen LogP contribution in [0.15, 0.2) is 6.20 Å². The van der Waals surface area contributed by atoms with Gasteiger partial charge < -0.3 is 10.2 Å². The summed E-state index contributed by atoms with van der Waals surface area (Å²) >= 11 is 0. The predicted molar refractivity (Wildman–Crippen MR) is 83.2 cm³/mol. The van der Waals surface area contributed by atoms with Crippen LogP contribution in [0.4, 0.5) is 18.9 Å². The fraction of sp³-hybridized carbons (Fsp3) is 0.571. The van der Waals surface area contributed by atoms with Gasteiger partial charge in [0, 0.05) is 32.4 Å². The standard InChI is InChI=1S/C14H16F3N5.ClH/c15-14(16,17)12-10-11(22-5-3-18-4-6-22)9(8-1-2-8)7-19-13(10)21-20-12;/h7-8,18H,1-6H2,(H,19,20,21);1H. The molecule has 0 aromatic carbocycles. The first kappa shape index (κ1) is 16.3. The van der Waals surface area contributed by atoms with E-state index in [2.05, 4.69) is 20.5 Å². The second-order valence-corrected chi connectivity index (χ2v) is 5.87. The number of alkyl halides is 3. The quantitative estimate of drug-likeness (QED) is 0.877. The van der Waals surface area contributed by atoms with Crippen molar-refractivity contribution in [2.75, 3.05) is 31.1 Å². The lowest BCUT2D eigenvalue weighted by Crippen LogP contribution is -2.44. The summed E-state index contributed by atoms with van der Waals surface area (Å²) in [6, 6.07) is 0. The van der Waals surface area contributed by atoms with Crippen molar-refractivity contribution in [3.8, 4) is 0 Å². The number of aromatic amines is 1. The number of fused-ring (bicyclic) bond motifs is 1. The summed E-state index contributed by atoms with van der Waals surface area (Å²) < 4.78 is 40.0. The maximum Gasteiger partial charge on any atom is 0.433 e. The van der Waals surface area contributed by atoms with Crippen LogP contribution >= 0.6 is 12.4 Å². The molecule has 0 atom stereocenters. The van der Waals surface area contributed by atoms with E-state index in [1.807, 2.05) is 4.90 Å². The van der Waals surface area contributed by atoms with E-state index >= 15 is 0 Å². The van der Waals surface area contributed by atoms with E-state index in [0.29, 0.717) is 24.7 Å². The Hall–Kier alpha value is -1.54. The average Bonchev–Trinajstić information content (AvgIpc) is 3.24. The molecule has 23 heavy (non-hydrogen) atoms. The van der Waals surface area contributed by atoms with E-state index < -0.39 is 11.9 Å². The molecule has 0 bridgehead atoms. The third-order valence-corrected chi connectivity index (χ3v) is 4.32. The van der Waals surface area contributed by atoms with Gasteiger partial charge in [0.25, 0.3) is 0 Å². The van der Waals surface area contributed by atoms with Crippen LogP contribution in [0.5, 0.6) is 0 Å². The number of nitrogens with one attached hydrogen (secondary N) is 2. The molecule has 0 amide bonds. The minimum Gasteiger partial charge on any atom is -0.368 e. The van der Waals surface area contributed by atoms with Gasteiger partial charge in [0.1, 0.15) is 0 Å². The number of rotatable bonds is 2. The molecule has 9 heteroatoms. The van der Waals surface area contributed by atoms with E-state index in [0.717, 1.165) is 31.5 Å². The summed E-state index contributed by atoms with van der Waals surface area (Å²) in [5.41, 5.74) is 0.965. The number of hydrogen-bond donors (Lipinski definition) is 2. The van der Waals surface area contributed by atoms with Crippen molar-refractivity contribution in [2.24, 2.45) is 0 Å². The summed E-state index contributed by atoms with van der Waals surface area (Å²) in [5, 5.41) is 9.26. The molecular weight excluding hydrogens is 331 g/mol. The number of H-pyrrole nitrogens is 1. The molecule has 5 nitrogen and oxygen atoms in total. The maximum absolute atomic E-state index is 13.3. The van der Waals surface area contributed by atoms with Gasteiger partial charge in [0.05, 0.1) is 11.1 Å². The predicted octanol–water partition coefficient (Wildman–Crippen LogP) is 2.69. The van der Waals surface area contributed by atoms with E-state index in [1.165, 1.54) is 0 Å². The van der Waals surface area contributed by atoms with Crippen molar-refractivity contribution in [1.29, 1.82) is 0 Å². The third kappa shape index (κ3) is 2.85. The normalized spacial score (nSPS) is 19.0. The molecule has 1 aliphatic heterocycles. The zero-order valence-corrected chi connectivity index (χ0v) is 13.1. The molecule has 2 aromatic rings. The largest absolute Gasteiger partial charge is 0.433 e. The molecule has 0 spiro atoms. The van der Waals surface area contributed by atoms with Gasteiger partial charge in [-0.1, -0.05) is 0 Å². The molecule has 2 aliphatic rings. The Morgan fingerprint density at radius 1 is 1.17 bits per heavy atom. The molecule has 1 saturated heterocycles. The molecular formula is C14H17ClF3N5. The highest BCUT2D eigenvalue weighted by atomic mass is 35.5. The van der Waals surface area contributed by atoms with E-state index in [9.17, 15) is 13.2 Å². The van der Waals surface area contributed by atoms with Crippen LogP contribution < -0.4 is 10.2 Å². The maximum atomic E-state index is 13.3. The highest BCUT2D eigenvalue weighted by Gasteiger charge is 2.39. The Labute approximate surface area is 137 Å². The summed E-state index contributed by atoms with van der Waals surface area (Å²) in [6.45, 7) is 2.93. The van der Waals surface area contributed by atoms with Gasteiger partial charge in [-0.2, -0.15) is 18.3 Å². The zero-order chi connectivity index (χ0) is 15.3. The Balaban J connectivity index is 0.00000156. The minimum atomic E-state index is -4.46. The van der Waals surface area contributed by atoms with Crippen LogP contribution in [0.25, 0.3) is 11.0 Å². The third-order valence-electron chi connectivity index (χ3n) is 4.32. The molecule has 2 N–H and O–H groups in total. The first-order valence-electron chi connectivity index (χ1n) is 7.45. The Kier molecular flexibility index (Phi) is 4.14. The molecule has 1 saturated carbocycles. The van der Waals surface area contributed by atoms with Crippen LogP contribution in [0.3, 0.4) is 0 Å². The van der Waals surface area contributed by atoms with Crippen molar-refractivity contribution in [3.05, 3.63) is 17.5 Å². The van der Waals surface area contributed by atoms with Gasteiger partial charge in [-0.3, -0.25) is 5.10 Å². The molecule has 1 aliphatic carbocycles. The fourth-order valence-corrected chi connectivity index (χ4v) is 3.11. The Bertz CT molecular complexity index is 704. The van der Waals surface area contributed by atoms with Crippen molar-refractivity contribution >= 4 is 29.1 Å². The van der Waals surface area contributed by atoms with Gasteiger partial charge >= 0.3 is 6.18 Å². The number of pyridine rings is 1. The van der Waals surface area contributed by atoms with Crippen molar-refractivity contribution in [1.82, 2.24) is 20.5 Å². The molecule has 2 fully saturated rings. The van der Waals surface area contributed by atoms with Crippen LogP contribution in [0, 0.1) is 0 Å². The number of piperazine rings is 1. The van der Waals surface area contributed by atoms with Gasteiger partial charge in [-0.05, 0) is 24.3 Å². The van der Waals surface area contributed by atoms with Gasteiger partial charge in [0.15, 0.2) is 11.3 Å². The van der Waals surface area contributed by atoms with E-state index in [-0.39, 0.29) is 23.4 Å². The SMILES string of the molecule is Cl.FC(F)(F)c1[nH]nc2ncc(C3CC3)c(N3CCNCC3)c12. The van der Waals surface area contributed by atoms with Crippen molar-refractivity contribution in [3.63, 3.8) is 0 Å². The molecule has 4 rings (SSSR count). The lowest BCUT2D eigenvalue weighted by Gasteiger charge is -2.32. The van der Waals surface area contributed by atoms with E-state index in [1.54, 1.807) is 6.20 Å². The summed E-state index contributed by atoms with van der Waals surface area (Å²) in [6.07, 6.45) is -0.712. The fourth-order valence-electron chi connectivity index (χ4n) is 3.11. The Morgan fingerprint density at radius 2 is 1.87 bits per heavy atom. The highest BCUT2D eigenvalue weighted by Crippen LogP contribution is 2.48. The van der Waals surface area contributed by atoms with Crippen LogP contribution in [-0.2, 0) is 6.18 Å². The molecule has 0 unspecified atom stereocenters. The average molecular weight is 348 g/mol. The Morgan fingerprint density at radius 3 is 2.48 bits per heavy atom. The first-order valence-corrected chi connectivity index (χ1v) is 7.45. The lowest BCUT2D eigenvalue weighted by molar-refractivity contribution is -0.139. The van der Waals surface area contributed by atoms with Crippen molar-refractivity contribution < 1.29 is 13.2 Å². The first-order chi connectivity index (χ1) is 10.6. The zero-order valence-electron chi connectivity index (χ0n) is 12.3. The van der Waals surface area contributed by atoms with Gasteiger partial charge in [-0.25, -0.2) is 4.98 Å². The topological polar surface area (TPSA) is 56.8 Å². The highest BCUT2D eigenvalue weighted by molar-refractivity contribution is 5.94. The number of aromatic nitrogens is 3. The number of nitrogens with zero attached hydrogens (tertiary/aromatic N) is 3. The molecule has 126 valence electrons. The van der Waals surface area contributed by atoms with Crippen molar-refractivity contribution in [2.45, 2.75) is 24.9 Å². The molecule has 3 heterocycles. The summed E-state index contributed by atoms with van der Waals surface area (Å²) in [5.74, 6) is 0.331. The van der Waals surface area contributed by atoms with Gasteiger partial charge in [0.2, 0.25) is 0 Å². The lowest BCUT2D eigenvalue weighted by atomic mass is 10.0. The minimum absolute atomic E-state index is 0. The molecule has 0 radical (unpaired) electrons. The van der Waals surface area contributed by atoms with Gasteiger partial charge in [-0.15, -0.1) is 12.4 Å². The number of halogens is 4. The second kappa shape index (κ2) is 5.83. The smallest absolute Gasteiger partial charge is 0.368 e.